The Morgan fingerprint density at radius 2 is 2.07 bits per heavy atom. The highest BCUT2D eigenvalue weighted by atomic mass is 16.3. The van der Waals surface area contributed by atoms with Gasteiger partial charge >= 0.3 is 0 Å². The minimum absolute atomic E-state index is 0.298. The molecule has 0 bridgehead atoms. The van der Waals surface area contributed by atoms with Gasteiger partial charge in [0.05, 0.1) is 11.2 Å². The van der Waals surface area contributed by atoms with Crippen molar-refractivity contribution in [1.82, 2.24) is 25.5 Å². The molecule has 3 heterocycles. The molecule has 1 aliphatic heterocycles. The molecule has 0 unspecified atom stereocenters. The zero-order chi connectivity index (χ0) is 19.1. The first-order valence-corrected chi connectivity index (χ1v) is 9.49. The van der Waals surface area contributed by atoms with E-state index in [-0.39, 0.29) is 0 Å². The minimum Gasteiger partial charge on any atom is -0.508 e. The van der Waals surface area contributed by atoms with E-state index in [1.807, 2.05) is 18.3 Å². The van der Waals surface area contributed by atoms with Gasteiger partial charge in [-0.05, 0) is 52.9 Å². The van der Waals surface area contributed by atoms with Crippen molar-refractivity contribution in [2.45, 2.75) is 13.3 Å². The number of imidazole rings is 1. The molecule has 0 fully saturated rings. The van der Waals surface area contributed by atoms with Crippen LogP contribution in [0.4, 0.5) is 0 Å². The van der Waals surface area contributed by atoms with Crippen LogP contribution in [0.25, 0.3) is 39.1 Å². The Kier molecular flexibility index (Phi) is 3.98. The van der Waals surface area contributed by atoms with Crippen LogP contribution in [0, 0.1) is 0 Å². The topological polar surface area (TPSA) is 89.6 Å². The second kappa shape index (κ2) is 6.65. The van der Waals surface area contributed by atoms with Gasteiger partial charge in [-0.25, -0.2) is 4.98 Å². The fourth-order valence-corrected chi connectivity index (χ4v) is 3.80. The summed E-state index contributed by atoms with van der Waals surface area (Å²) in [6.07, 6.45) is 4.96. The third kappa shape index (κ3) is 2.78. The molecule has 1 aliphatic rings. The molecule has 2 aromatic heterocycles. The third-order valence-corrected chi connectivity index (χ3v) is 5.28. The average Bonchev–Trinajstić information content (AvgIpc) is 3.46. The zero-order valence-electron chi connectivity index (χ0n) is 15.6. The molecule has 6 heteroatoms. The number of phenolic OH excluding ortho intramolecular Hbond substituents is 1. The lowest BCUT2D eigenvalue weighted by molar-refractivity contribution is 0.474. The summed E-state index contributed by atoms with van der Waals surface area (Å²) < 4.78 is 0. The third-order valence-electron chi connectivity index (χ3n) is 5.28. The summed E-state index contributed by atoms with van der Waals surface area (Å²) in [4.78, 5) is 7.99. The Labute approximate surface area is 162 Å². The highest BCUT2D eigenvalue weighted by Gasteiger charge is 2.16. The summed E-state index contributed by atoms with van der Waals surface area (Å²) in [5, 5.41) is 21.7. The van der Waals surface area contributed by atoms with Gasteiger partial charge in [-0.15, -0.1) is 0 Å². The number of benzene rings is 2. The SMILES string of the molecule is CCc1cc(O)ccc1-c1ccc2c(-c3nc(C4=CCNC4)c[nH]3)n[nH]c2c1. The van der Waals surface area contributed by atoms with E-state index in [4.69, 9.17) is 4.98 Å². The van der Waals surface area contributed by atoms with Crippen LogP contribution < -0.4 is 5.32 Å². The highest BCUT2D eigenvalue weighted by Crippen LogP contribution is 2.32. The number of hydrogen-bond acceptors (Lipinski definition) is 4. The van der Waals surface area contributed by atoms with Crippen molar-refractivity contribution in [2.24, 2.45) is 0 Å². The smallest absolute Gasteiger partial charge is 0.159 e. The number of hydrogen-bond donors (Lipinski definition) is 4. The average molecular weight is 371 g/mol. The van der Waals surface area contributed by atoms with Crippen molar-refractivity contribution < 1.29 is 5.11 Å². The van der Waals surface area contributed by atoms with E-state index in [0.717, 1.165) is 64.3 Å². The Bertz CT molecular complexity index is 1200. The van der Waals surface area contributed by atoms with E-state index in [1.54, 1.807) is 6.07 Å². The molecule has 2 aromatic carbocycles. The van der Waals surface area contributed by atoms with Crippen LogP contribution in [0.2, 0.25) is 0 Å². The van der Waals surface area contributed by atoms with Crippen LogP contribution in [0.3, 0.4) is 0 Å². The molecule has 0 spiro atoms. The summed E-state index contributed by atoms with van der Waals surface area (Å²) in [7, 11) is 0. The number of aromatic hydroxyl groups is 1. The van der Waals surface area contributed by atoms with Crippen LogP contribution in [0.5, 0.6) is 5.75 Å². The lowest BCUT2D eigenvalue weighted by Gasteiger charge is -2.09. The molecule has 4 aromatic rings. The second-order valence-corrected chi connectivity index (χ2v) is 7.02. The Hall–Kier alpha value is -3.38. The fraction of sp³-hybridized carbons (Fsp3) is 0.182. The van der Waals surface area contributed by atoms with E-state index >= 15 is 0 Å². The van der Waals surface area contributed by atoms with Crippen molar-refractivity contribution in [3.63, 3.8) is 0 Å². The van der Waals surface area contributed by atoms with Gasteiger partial charge in [-0.1, -0.05) is 25.1 Å². The fourth-order valence-electron chi connectivity index (χ4n) is 3.80. The van der Waals surface area contributed by atoms with Crippen LogP contribution >= 0.6 is 0 Å². The number of nitrogens with one attached hydrogen (secondary N) is 3. The van der Waals surface area contributed by atoms with Crippen molar-refractivity contribution in [2.75, 3.05) is 13.1 Å². The molecule has 0 aliphatic carbocycles. The van der Waals surface area contributed by atoms with Crippen LogP contribution in [0.1, 0.15) is 18.2 Å². The molecule has 28 heavy (non-hydrogen) atoms. The summed E-state index contributed by atoms with van der Waals surface area (Å²) in [6.45, 7) is 3.83. The predicted octanol–water partition coefficient (Wildman–Crippen LogP) is 3.87. The largest absolute Gasteiger partial charge is 0.508 e. The van der Waals surface area contributed by atoms with E-state index in [2.05, 4.69) is 51.7 Å². The number of phenols is 1. The maximum Gasteiger partial charge on any atom is 0.159 e. The Balaban J connectivity index is 1.54. The lowest BCUT2D eigenvalue weighted by Crippen LogP contribution is -2.07. The van der Waals surface area contributed by atoms with Crippen molar-refractivity contribution in [3.8, 4) is 28.4 Å². The number of aromatic amines is 2. The zero-order valence-corrected chi connectivity index (χ0v) is 15.6. The van der Waals surface area contributed by atoms with Crippen LogP contribution in [0.15, 0.2) is 48.7 Å². The van der Waals surface area contributed by atoms with Crippen molar-refractivity contribution in [1.29, 1.82) is 0 Å². The minimum atomic E-state index is 0.298. The quantitative estimate of drug-likeness (QED) is 0.438. The van der Waals surface area contributed by atoms with Gasteiger partial charge in [0.15, 0.2) is 5.82 Å². The first-order valence-electron chi connectivity index (χ1n) is 9.49. The molecular formula is C22H21N5O. The number of H-pyrrole nitrogens is 2. The monoisotopic (exact) mass is 371 g/mol. The number of aromatic nitrogens is 4. The first kappa shape index (κ1) is 16.8. The van der Waals surface area contributed by atoms with Gasteiger partial charge in [0, 0.05) is 24.7 Å². The highest BCUT2D eigenvalue weighted by molar-refractivity contribution is 5.94. The van der Waals surface area contributed by atoms with E-state index < -0.39 is 0 Å². The molecule has 0 atom stereocenters. The lowest BCUT2D eigenvalue weighted by atomic mass is 9.97. The molecule has 0 saturated heterocycles. The van der Waals surface area contributed by atoms with Crippen LogP contribution in [-0.2, 0) is 6.42 Å². The normalized spacial score (nSPS) is 14.0. The molecule has 0 radical (unpaired) electrons. The molecule has 140 valence electrons. The van der Waals surface area contributed by atoms with Gasteiger partial charge in [0.2, 0.25) is 0 Å². The van der Waals surface area contributed by atoms with Gasteiger partial charge in [-0.3, -0.25) is 5.10 Å². The van der Waals surface area contributed by atoms with E-state index in [1.165, 1.54) is 5.57 Å². The van der Waals surface area contributed by atoms with Crippen molar-refractivity contribution >= 4 is 16.5 Å². The molecule has 6 nitrogen and oxygen atoms in total. The summed E-state index contributed by atoms with van der Waals surface area (Å²) in [5.41, 5.74) is 7.30. The van der Waals surface area contributed by atoms with Gasteiger partial charge in [-0.2, -0.15) is 5.10 Å². The maximum absolute atomic E-state index is 9.76. The molecule has 0 amide bonds. The summed E-state index contributed by atoms with van der Waals surface area (Å²) in [5.74, 6) is 1.06. The second-order valence-electron chi connectivity index (χ2n) is 7.02. The standard InChI is InChI=1S/C22H21N5O/c1-2-13-9-16(28)4-6-17(13)14-3-5-18-19(10-14)26-27-21(18)22-24-12-20(25-22)15-7-8-23-11-15/h3-7,9-10,12,23,28H,2,8,11H2,1H3,(H,24,25)(H,26,27). The Morgan fingerprint density at radius 1 is 1.14 bits per heavy atom. The number of nitrogens with zero attached hydrogens (tertiary/aromatic N) is 2. The molecule has 0 saturated carbocycles. The number of fused-ring (bicyclic) bond motifs is 1. The number of aryl methyl sites for hydroxylation is 1. The van der Waals surface area contributed by atoms with Gasteiger partial charge in [0.25, 0.3) is 0 Å². The van der Waals surface area contributed by atoms with Crippen molar-refractivity contribution in [3.05, 3.63) is 59.9 Å². The summed E-state index contributed by atoms with van der Waals surface area (Å²) in [6, 6.07) is 11.8. The predicted molar refractivity (Wildman–Crippen MR) is 111 cm³/mol. The summed E-state index contributed by atoms with van der Waals surface area (Å²) >= 11 is 0. The van der Waals surface area contributed by atoms with E-state index in [0.29, 0.717) is 5.75 Å². The Morgan fingerprint density at radius 3 is 2.89 bits per heavy atom. The van der Waals surface area contributed by atoms with Crippen LogP contribution in [-0.4, -0.2) is 38.4 Å². The molecule has 4 N–H and O–H groups in total. The first-order chi connectivity index (χ1) is 13.7. The number of rotatable bonds is 4. The molecular weight excluding hydrogens is 350 g/mol. The van der Waals surface area contributed by atoms with Gasteiger partial charge in [0.1, 0.15) is 11.4 Å². The van der Waals surface area contributed by atoms with Gasteiger partial charge < -0.3 is 15.4 Å². The molecule has 5 rings (SSSR count). The maximum atomic E-state index is 9.76. The van der Waals surface area contributed by atoms with E-state index in [9.17, 15) is 5.11 Å².